The Hall–Kier alpha value is -0.130. The molecule has 3 heterocycles. The fourth-order valence-electron chi connectivity index (χ4n) is 3.35. The summed E-state index contributed by atoms with van der Waals surface area (Å²) in [6.45, 7) is 10.1. The second kappa shape index (κ2) is 9.11. The summed E-state index contributed by atoms with van der Waals surface area (Å²) >= 11 is 1.89. The fourth-order valence-corrected chi connectivity index (χ4v) is 4.05. The van der Waals surface area contributed by atoms with Gasteiger partial charge in [-0.1, -0.05) is 6.07 Å². The molecule has 2 aliphatic rings. The summed E-state index contributed by atoms with van der Waals surface area (Å²) in [4.78, 5) is 6.86. The molecule has 2 saturated heterocycles. The van der Waals surface area contributed by atoms with Crippen LogP contribution in [-0.4, -0.2) is 62.2 Å². The molecule has 0 amide bonds. The number of hydrogen-bond acceptors (Lipinski definition) is 4. The molecule has 0 unspecified atom stereocenters. The van der Waals surface area contributed by atoms with Crippen molar-refractivity contribution < 1.29 is 0 Å². The average molecular weight is 330 g/mol. The van der Waals surface area contributed by atoms with Crippen LogP contribution in [0.2, 0.25) is 0 Å². The third-order valence-corrected chi connectivity index (χ3v) is 5.63. The number of nitrogens with one attached hydrogen (secondary N) is 1. The van der Waals surface area contributed by atoms with Crippen molar-refractivity contribution in [3.05, 3.63) is 22.4 Å². The van der Waals surface area contributed by atoms with E-state index in [4.69, 9.17) is 0 Å². The van der Waals surface area contributed by atoms with E-state index in [9.17, 15) is 0 Å². The van der Waals surface area contributed by atoms with Crippen LogP contribution in [0.1, 0.15) is 17.7 Å². The summed E-state index contributed by atoms with van der Waals surface area (Å²) in [7, 11) is 0. The normalized spacial score (nSPS) is 22.1. The van der Waals surface area contributed by atoms with E-state index < -0.39 is 0 Å². The first-order valence-electron chi connectivity index (χ1n) is 8.08. The van der Waals surface area contributed by atoms with Crippen molar-refractivity contribution in [3.8, 4) is 0 Å². The van der Waals surface area contributed by atoms with Crippen molar-refractivity contribution in [1.82, 2.24) is 15.1 Å². The number of rotatable bonds is 5. The van der Waals surface area contributed by atoms with Gasteiger partial charge in [-0.2, -0.15) is 0 Å². The van der Waals surface area contributed by atoms with Gasteiger partial charge in [0.2, 0.25) is 0 Å². The molecule has 5 heteroatoms. The molecule has 1 N–H and O–H groups in total. The van der Waals surface area contributed by atoms with Gasteiger partial charge in [0.25, 0.3) is 0 Å². The number of hydrogen-bond donors (Lipinski definition) is 1. The summed E-state index contributed by atoms with van der Waals surface area (Å²) in [5, 5.41) is 5.65. The molecule has 2 fully saturated rings. The number of nitrogens with zero attached hydrogens (tertiary/aromatic N) is 2. The standard InChI is InChI=1S/C16H27N3S.ClH/c1-2-16(20-13-1)5-8-18-9-11-19(12-10-18)14-15-3-6-17-7-4-15;/h1-2,13,15,17H,3-12,14H2;1H. The number of thiophene rings is 1. The fraction of sp³-hybridized carbons (Fsp3) is 0.750. The van der Waals surface area contributed by atoms with Crippen LogP contribution in [0.3, 0.4) is 0 Å². The van der Waals surface area contributed by atoms with Gasteiger partial charge in [-0.15, -0.1) is 23.7 Å². The molecule has 2 aliphatic heterocycles. The Kier molecular flexibility index (Phi) is 7.47. The Morgan fingerprint density at radius 3 is 2.48 bits per heavy atom. The maximum Gasteiger partial charge on any atom is 0.0110 e. The molecule has 3 nitrogen and oxygen atoms in total. The van der Waals surface area contributed by atoms with Gasteiger partial charge in [-0.05, 0) is 49.7 Å². The third-order valence-electron chi connectivity index (χ3n) is 4.69. The van der Waals surface area contributed by atoms with E-state index in [1.807, 2.05) is 11.3 Å². The SMILES string of the molecule is Cl.c1csc(CCN2CCN(CC3CCNCC3)CC2)c1. The van der Waals surface area contributed by atoms with Crippen LogP contribution in [0, 0.1) is 5.92 Å². The van der Waals surface area contributed by atoms with E-state index in [2.05, 4.69) is 32.6 Å². The predicted octanol–water partition coefficient (Wildman–Crippen LogP) is 2.33. The van der Waals surface area contributed by atoms with Crippen molar-refractivity contribution in [2.75, 3.05) is 52.4 Å². The topological polar surface area (TPSA) is 18.5 Å². The zero-order valence-electron chi connectivity index (χ0n) is 12.8. The molecule has 0 radical (unpaired) electrons. The first-order valence-corrected chi connectivity index (χ1v) is 8.96. The van der Waals surface area contributed by atoms with Gasteiger partial charge < -0.3 is 15.1 Å². The van der Waals surface area contributed by atoms with Crippen LogP contribution in [0.15, 0.2) is 17.5 Å². The lowest BCUT2D eigenvalue weighted by atomic mass is 9.97. The highest BCUT2D eigenvalue weighted by Crippen LogP contribution is 2.15. The Labute approximate surface area is 139 Å². The molecule has 21 heavy (non-hydrogen) atoms. The molecule has 1 aromatic heterocycles. The summed E-state index contributed by atoms with van der Waals surface area (Å²) in [6.07, 6.45) is 3.98. The van der Waals surface area contributed by atoms with Crippen molar-refractivity contribution in [3.63, 3.8) is 0 Å². The quantitative estimate of drug-likeness (QED) is 0.894. The van der Waals surface area contributed by atoms with Gasteiger partial charge in [-0.25, -0.2) is 0 Å². The summed E-state index contributed by atoms with van der Waals surface area (Å²) < 4.78 is 0. The van der Waals surface area contributed by atoms with Crippen molar-refractivity contribution in [2.24, 2.45) is 5.92 Å². The number of halogens is 1. The average Bonchev–Trinajstić information content (AvgIpc) is 3.01. The van der Waals surface area contributed by atoms with Crippen molar-refractivity contribution in [2.45, 2.75) is 19.3 Å². The van der Waals surface area contributed by atoms with E-state index in [1.54, 1.807) is 0 Å². The zero-order valence-corrected chi connectivity index (χ0v) is 14.4. The zero-order chi connectivity index (χ0) is 13.6. The molecule has 0 bridgehead atoms. The minimum atomic E-state index is 0. The maximum atomic E-state index is 3.46. The third kappa shape index (κ3) is 5.53. The Bertz CT molecular complexity index is 371. The highest BCUT2D eigenvalue weighted by atomic mass is 35.5. The Morgan fingerprint density at radius 2 is 1.81 bits per heavy atom. The molecule has 0 spiro atoms. The molecule has 3 rings (SSSR count). The van der Waals surface area contributed by atoms with Gasteiger partial charge in [0.15, 0.2) is 0 Å². The number of piperazine rings is 1. The first-order chi connectivity index (χ1) is 9.90. The van der Waals surface area contributed by atoms with Gasteiger partial charge in [0, 0.05) is 44.1 Å². The molecular formula is C16H28ClN3S. The lowest BCUT2D eigenvalue weighted by molar-refractivity contribution is 0.112. The van der Waals surface area contributed by atoms with Crippen LogP contribution in [0.5, 0.6) is 0 Å². The highest BCUT2D eigenvalue weighted by Gasteiger charge is 2.21. The van der Waals surface area contributed by atoms with Crippen LogP contribution in [-0.2, 0) is 6.42 Å². The van der Waals surface area contributed by atoms with Crippen LogP contribution >= 0.6 is 23.7 Å². The monoisotopic (exact) mass is 329 g/mol. The Morgan fingerprint density at radius 1 is 1.10 bits per heavy atom. The minimum absolute atomic E-state index is 0. The molecule has 0 aliphatic carbocycles. The van der Waals surface area contributed by atoms with E-state index in [0.717, 1.165) is 5.92 Å². The van der Waals surface area contributed by atoms with Gasteiger partial charge in [-0.3, -0.25) is 0 Å². The largest absolute Gasteiger partial charge is 0.317 e. The smallest absolute Gasteiger partial charge is 0.0110 e. The molecule has 120 valence electrons. The maximum absolute atomic E-state index is 3.46. The first kappa shape index (κ1) is 17.2. The van der Waals surface area contributed by atoms with E-state index in [-0.39, 0.29) is 12.4 Å². The Balaban J connectivity index is 0.00000161. The predicted molar refractivity (Wildman–Crippen MR) is 93.7 cm³/mol. The summed E-state index contributed by atoms with van der Waals surface area (Å²) in [5.41, 5.74) is 0. The molecule has 1 aromatic rings. The minimum Gasteiger partial charge on any atom is -0.317 e. The van der Waals surface area contributed by atoms with E-state index in [1.165, 1.54) is 76.5 Å². The van der Waals surface area contributed by atoms with Crippen LogP contribution in [0.4, 0.5) is 0 Å². The second-order valence-corrected chi connectivity index (χ2v) is 7.20. The molecule has 0 aromatic carbocycles. The van der Waals surface area contributed by atoms with E-state index in [0.29, 0.717) is 0 Å². The second-order valence-electron chi connectivity index (χ2n) is 6.16. The van der Waals surface area contributed by atoms with Crippen molar-refractivity contribution >= 4 is 23.7 Å². The van der Waals surface area contributed by atoms with Gasteiger partial charge in [0.1, 0.15) is 0 Å². The summed E-state index contributed by atoms with van der Waals surface area (Å²) in [5.74, 6) is 0.939. The van der Waals surface area contributed by atoms with Crippen LogP contribution < -0.4 is 5.32 Å². The lowest BCUT2D eigenvalue weighted by Gasteiger charge is -2.37. The lowest BCUT2D eigenvalue weighted by Crippen LogP contribution is -2.48. The molecule has 0 saturated carbocycles. The highest BCUT2D eigenvalue weighted by molar-refractivity contribution is 7.09. The van der Waals surface area contributed by atoms with E-state index >= 15 is 0 Å². The number of piperidine rings is 1. The molecule has 0 atom stereocenters. The summed E-state index contributed by atoms with van der Waals surface area (Å²) in [6, 6.07) is 4.43. The van der Waals surface area contributed by atoms with Crippen molar-refractivity contribution in [1.29, 1.82) is 0 Å². The van der Waals surface area contributed by atoms with Gasteiger partial charge in [0.05, 0.1) is 0 Å². The van der Waals surface area contributed by atoms with Crippen LogP contribution in [0.25, 0.3) is 0 Å². The molecular weight excluding hydrogens is 302 g/mol. The van der Waals surface area contributed by atoms with Gasteiger partial charge >= 0.3 is 0 Å².